The summed E-state index contributed by atoms with van der Waals surface area (Å²) in [6.07, 6.45) is -4.43. The number of halogens is 3. The number of carbonyl (C=O) groups excluding carboxylic acids is 2. The first kappa shape index (κ1) is 25.3. The summed E-state index contributed by atoms with van der Waals surface area (Å²) in [5, 5.41) is 8.32. The van der Waals surface area contributed by atoms with E-state index in [1.807, 2.05) is 35.7 Å². The molecule has 0 fully saturated rings. The Labute approximate surface area is 220 Å². The summed E-state index contributed by atoms with van der Waals surface area (Å²) < 4.78 is 40.9. The number of nitrogens with zero attached hydrogens (tertiary/aromatic N) is 1. The lowest BCUT2D eigenvalue weighted by Gasteiger charge is -2.13. The number of carbonyl (C=O) groups is 2. The van der Waals surface area contributed by atoms with Gasteiger partial charge < -0.3 is 15.2 Å². The number of hydrogen-bond acceptors (Lipinski definition) is 3. The van der Waals surface area contributed by atoms with Gasteiger partial charge in [0.2, 0.25) is 0 Å². The van der Waals surface area contributed by atoms with Crippen LogP contribution in [0.25, 0.3) is 10.9 Å². The molecule has 0 aliphatic heterocycles. The molecule has 0 radical (unpaired) electrons. The van der Waals surface area contributed by atoms with Gasteiger partial charge in [-0.05, 0) is 59.0 Å². The molecule has 3 aromatic carbocycles. The maximum Gasteiger partial charge on any atom is 0.416 e. The predicted octanol–water partition coefficient (Wildman–Crippen LogP) is 6.95. The maximum atomic E-state index is 13.3. The standard InChI is InChI=1S/C29H22F3N3O2S/c30-29(31,32)22-10-8-20(9-11-22)18-35-24-13-12-23(34-28(37)26-7-4-14-38-26)15-21(24)16-25(35)27(36)33-17-19-5-2-1-3-6-19/h1-16H,17-18H2,(H,33,36)(H,34,37). The van der Waals surface area contributed by atoms with Crippen LogP contribution in [0.4, 0.5) is 18.9 Å². The van der Waals surface area contributed by atoms with Gasteiger partial charge in [0.15, 0.2) is 0 Å². The molecule has 5 nitrogen and oxygen atoms in total. The van der Waals surface area contributed by atoms with Gasteiger partial charge in [0.25, 0.3) is 11.8 Å². The molecule has 0 saturated heterocycles. The zero-order valence-electron chi connectivity index (χ0n) is 20.0. The molecule has 5 aromatic rings. The van der Waals surface area contributed by atoms with Crippen LogP contribution in [0.1, 0.15) is 36.9 Å². The molecule has 0 aliphatic rings. The summed E-state index contributed by atoms with van der Waals surface area (Å²) in [4.78, 5) is 26.3. The van der Waals surface area contributed by atoms with Crippen LogP contribution >= 0.6 is 11.3 Å². The molecule has 2 amide bonds. The molecule has 38 heavy (non-hydrogen) atoms. The topological polar surface area (TPSA) is 63.1 Å². The number of nitrogens with one attached hydrogen (secondary N) is 2. The number of rotatable bonds is 7. The quantitative estimate of drug-likeness (QED) is 0.238. The highest BCUT2D eigenvalue weighted by molar-refractivity contribution is 7.12. The third kappa shape index (κ3) is 5.63. The fraction of sp³-hybridized carbons (Fsp3) is 0.103. The summed E-state index contributed by atoms with van der Waals surface area (Å²) in [5.74, 6) is -0.550. The van der Waals surface area contributed by atoms with Crippen molar-refractivity contribution in [3.05, 3.63) is 124 Å². The number of fused-ring (bicyclic) bond motifs is 1. The van der Waals surface area contributed by atoms with Crippen LogP contribution in [-0.4, -0.2) is 16.4 Å². The largest absolute Gasteiger partial charge is 0.416 e. The van der Waals surface area contributed by atoms with Gasteiger partial charge in [-0.15, -0.1) is 11.3 Å². The van der Waals surface area contributed by atoms with E-state index in [1.165, 1.54) is 23.5 Å². The smallest absolute Gasteiger partial charge is 0.347 e. The van der Waals surface area contributed by atoms with E-state index in [9.17, 15) is 22.8 Å². The number of benzene rings is 3. The Morgan fingerprint density at radius 2 is 1.58 bits per heavy atom. The molecule has 0 unspecified atom stereocenters. The van der Waals surface area contributed by atoms with Crippen molar-refractivity contribution in [1.82, 2.24) is 9.88 Å². The van der Waals surface area contributed by atoms with E-state index in [4.69, 9.17) is 0 Å². The summed E-state index contributed by atoms with van der Waals surface area (Å²) in [7, 11) is 0. The number of amides is 2. The van der Waals surface area contributed by atoms with Crippen molar-refractivity contribution in [2.75, 3.05) is 5.32 Å². The lowest BCUT2D eigenvalue weighted by Crippen LogP contribution is -2.25. The van der Waals surface area contributed by atoms with Gasteiger partial charge >= 0.3 is 6.18 Å². The number of alkyl halides is 3. The van der Waals surface area contributed by atoms with E-state index >= 15 is 0 Å². The zero-order valence-corrected chi connectivity index (χ0v) is 20.8. The molecule has 0 atom stereocenters. The summed E-state index contributed by atoms with van der Waals surface area (Å²) in [6, 6.07) is 24.9. The van der Waals surface area contributed by atoms with Crippen molar-refractivity contribution in [1.29, 1.82) is 0 Å². The van der Waals surface area contributed by atoms with Gasteiger partial charge in [0.05, 0.1) is 10.4 Å². The van der Waals surface area contributed by atoms with Gasteiger partial charge in [-0.1, -0.05) is 48.5 Å². The van der Waals surface area contributed by atoms with E-state index in [0.29, 0.717) is 39.3 Å². The van der Waals surface area contributed by atoms with Crippen LogP contribution < -0.4 is 10.6 Å². The normalized spacial score (nSPS) is 11.4. The fourth-order valence-electron chi connectivity index (χ4n) is 4.16. The van der Waals surface area contributed by atoms with Crippen LogP contribution in [-0.2, 0) is 19.3 Å². The Balaban J connectivity index is 1.46. The number of hydrogen-bond donors (Lipinski definition) is 2. The third-order valence-electron chi connectivity index (χ3n) is 6.05. The minimum atomic E-state index is -4.43. The van der Waals surface area contributed by atoms with Crippen molar-refractivity contribution in [2.24, 2.45) is 0 Å². The first-order chi connectivity index (χ1) is 18.3. The van der Waals surface area contributed by atoms with Crippen molar-refractivity contribution in [3.63, 3.8) is 0 Å². The first-order valence-electron chi connectivity index (χ1n) is 11.7. The molecular formula is C29H22F3N3O2S. The molecule has 0 saturated carbocycles. The molecule has 9 heteroatoms. The van der Waals surface area contributed by atoms with Gasteiger partial charge in [-0.3, -0.25) is 9.59 Å². The molecule has 2 aromatic heterocycles. The molecular weight excluding hydrogens is 511 g/mol. The summed E-state index contributed by atoms with van der Waals surface area (Å²) in [6.45, 7) is 0.514. The monoisotopic (exact) mass is 533 g/mol. The third-order valence-corrected chi connectivity index (χ3v) is 6.92. The summed E-state index contributed by atoms with van der Waals surface area (Å²) in [5.41, 5.74) is 2.46. The van der Waals surface area contributed by atoms with Crippen LogP contribution in [0.5, 0.6) is 0 Å². The Bertz CT molecular complexity index is 1580. The molecule has 0 aliphatic carbocycles. The molecule has 192 valence electrons. The molecule has 0 spiro atoms. The van der Waals surface area contributed by atoms with Crippen LogP contribution in [0.3, 0.4) is 0 Å². The number of thiophene rings is 1. The maximum absolute atomic E-state index is 13.3. The van der Waals surface area contributed by atoms with Gasteiger partial charge in [0.1, 0.15) is 5.69 Å². The van der Waals surface area contributed by atoms with Gasteiger partial charge in [-0.2, -0.15) is 13.2 Å². The van der Waals surface area contributed by atoms with Gasteiger partial charge in [-0.25, -0.2) is 0 Å². The molecule has 5 rings (SSSR count). The zero-order chi connectivity index (χ0) is 26.7. The van der Waals surface area contributed by atoms with E-state index in [2.05, 4.69) is 10.6 Å². The van der Waals surface area contributed by atoms with E-state index in [1.54, 1.807) is 41.0 Å². The number of anilines is 1. The first-order valence-corrected chi connectivity index (χ1v) is 12.6. The van der Waals surface area contributed by atoms with Crippen molar-refractivity contribution < 1.29 is 22.8 Å². The average molecular weight is 534 g/mol. The highest BCUT2D eigenvalue weighted by Crippen LogP contribution is 2.30. The Morgan fingerprint density at radius 1 is 0.816 bits per heavy atom. The Kier molecular flexibility index (Phi) is 7.02. The second kappa shape index (κ2) is 10.5. The molecule has 2 heterocycles. The molecule has 0 bridgehead atoms. The lowest BCUT2D eigenvalue weighted by atomic mass is 10.1. The lowest BCUT2D eigenvalue weighted by molar-refractivity contribution is -0.137. The highest BCUT2D eigenvalue weighted by atomic mass is 32.1. The van der Waals surface area contributed by atoms with E-state index in [0.717, 1.165) is 17.7 Å². The summed E-state index contributed by atoms with van der Waals surface area (Å²) >= 11 is 1.33. The highest BCUT2D eigenvalue weighted by Gasteiger charge is 2.30. The second-order valence-corrected chi connectivity index (χ2v) is 9.63. The Morgan fingerprint density at radius 3 is 2.26 bits per heavy atom. The van der Waals surface area contributed by atoms with Crippen molar-refractivity contribution in [3.8, 4) is 0 Å². The van der Waals surface area contributed by atoms with E-state index < -0.39 is 11.7 Å². The molecule has 2 N–H and O–H groups in total. The van der Waals surface area contributed by atoms with Crippen LogP contribution in [0.2, 0.25) is 0 Å². The minimum absolute atomic E-state index is 0.191. The second-order valence-electron chi connectivity index (χ2n) is 8.68. The minimum Gasteiger partial charge on any atom is -0.347 e. The van der Waals surface area contributed by atoms with Crippen molar-refractivity contribution >= 4 is 39.7 Å². The average Bonchev–Trinajstić information content (AvgIpc) is 3.57. The van der Waals surface area contributed by atoms with E-state index in [-0.39, 0.29) is 18.4 Å². The fourth-order valence-corrected chi connectivity index (χ4v) is 4.78. The van der Waals surface area contributed by atoms with Gasteiger partial charge in [0, 0.05) is 29.7 Å². The number of aromatic nitrogens is 1. The van der Waals surface area contributed by atoms with Crippen LogP contribution in [0.15, 0.2) is 96.4 Å². The predicted molar refractivity (Wildman–Crippen MR) is 142 cm³/mol. The Hall–Kier alpha value is -4.37. The van der Waals surface area contributed by atoms with Crippen LogP contribution in [0, 0.1) is 0 Å². The SMILES string of the molecule is O=C(Nc1ccc2c(c1)cc(C(=O)NCc1ccccc1)n2Cc1ccc(C(F)(F)F)cc1)c1cccs1. The van der Waals surface area contributed by atoms with Crippen molar-refractivity contribution in [2.45, 2.75) is 19.3 Å².